The summed E-state index contributed by atoms with van der Waals surface area (Å²) >= 11 is 6.15. The SMILES string of the molecule is CCc1nc2ccc(Cl)cn2c1C(=O)NCC(c1ccccc1)N1CCCC1. The number of amides is 1. The molecule has 1 fully saturated rings. The fraction of sp³-hybridized carbons (Fsp3) is 0.364. The van der Waals surface area contributed by atoms with Crippen LogP contribution >= 0.6 is 11.6 Å². The molecule has 28 heavy (non-hydrogen) atoms. The number of hydrogen-bond acceptors (Lipinski definition) is 3. The van der Waals surface area contributed by atoms with Crippen molar-refractivity contribution in [3.05, 3.63) is 70.6 Å². The van der Waals surface area contributed by atoms with Crippen molar-refractivity contribution in [3.8, 4) is 0 Å². The van der Waals surface area contributed by atoms with E-state index in [1.165, 1.54) is 18.4 Å². The highest BCUT2D eigenvalue weighted by Gasteiger charge is 2.25. The molecular weight excluding hydrogens is 372 g/mol. The highest BCUT2D eigenvalue weighted by molar-refractivity contribution is 6.30. The number of likely N-dealkylation sites (tertiary alicyclic amines) is 1. The van der Waals surface area contributed by atoms with Crippen molar-refractivity contribution in [1.29, 1.82) is 0 Å². The van der Waals surface area contributed by atoms with Gasteiger partial charge in [-0.25, -0.2) is 4.98 Å². The molecule has 0 spiro atoms. The number of rotatable bonds is 6. The number of imidazole rings is 1. The van der Waals surface area contributed by atoms with E-state index in [-0.39, 0.29) is 11.9 Å². The predicted octanol–water partition coefficient (Wildman–Crippen LogP) is 4.12. The number of hydrogen-bond donors (Lipinski definition) is 1. The van der Waals surface area contributed by atoms with Crippen molar-refractivity contribution >= 4 is 23.2 Å². The molecule has 6 heteroatoms. The van der Waals surface area contributed by atoms with Gasteiger partial charge in [0.1, 0.15) is 11.3 Å². The molecule has 0 radical (unpaired) electrons. The number of pyridine rings is 1. The molecule has 3 heterocycles. The topological polar surface area (TPSA) is 49.6 Å². The van der Waals surface area contributed by atoms with E-state index in [4.69, 9.17) is 11.6 Å². The monoisotopic (exact) mass is 396 g/mol. The Morgan fingerprint density at radius 3 is 2.64 bits per heavy atom. The molecule has 0 aliphatic carbocycles. The molecule has 2 aromatic heterocycles. The molecule has 1 aromatic carbocycles. The van der Waals surface area contributed by atoms with Gasteiger partial charge in [-0.1, -0.05) is 48.9 Å². The quantitative estimate of drug-likeness (QED) is 0.681. The first-order valence-corrected chi connectivity index (χ1v) is 10.3. The number of nitrogens with one attached hydrogen (secondary N) is 1. The van der Waals surface area contributed by atoms with Crippen molar-refractivity contribution in [1.82, 2.24) is 19.6 Å². The van der Waals surface area contributed by atoms with Crippen LogP contribution in [0.4, 0.5) is 0 Å². The van der Waals surface area contributed by atoms with E-state index in [1.807, 2.05) is 19.1 Å². The molecule has 146 valence electrons. The molecule has 1 saturated heterocycles. The second-order valence-corrected chi connectivity index (χ2v) is 7.65. The molecular formula is C22H25ClN4O. The van der Waals surface area contributed by atoms with Crippen LogP contribution in [0.1, 0.15) is 47.6 Å². The van der Waals surface area contributed by atoms with Gasteiger partial charge in [-0.3, -0.25) is 14.1 Å². The largest absolute Gasteiger partial charge is 0.349 e. The van der Waals surface area contributed by atoms with Crippen LogP contribution in [-0.4, -0.2) is 39.8 Å². The van der Waals surface area contributed by atoms with E-state index in [0.717, 1.165) is 24.4 Å². The Hall–Kier alpha value is -2.37. The summed E-state index contributed by atoms with van der Waals surface area (Å²) in [4.78, 5) is 20.2. The summed E-state index contributed by atoms with van der Waals surface area (Å²) in [5.74, 6) is -0.105. The van der Waals surface area contributed by atoms with Crippen molar-refractivity contribution < 1.29 is 4.79 Å². The fourth-order valence-corrected chi connectivity index (χ4v) is 4.17. The smallest absolute Gasteiger partial charge is 0.270 e. The summed E-state index contributed by atoms with van der Waals surface area (Å²) in [6.45, 7) is 4.72. The normalized spacial score (nSPS) is 15.8. The van der Waals surface area contributed by atoms with Gasteiger partial charge < -0.3 is 5.32 Å². The van der Waals surface area contributed by atoms with Gasteiger partial charge in [-0.05, 0) is 50.0 Å². The van der Waals surface area contributed by atoms with Gasteiger partial charge >= 0.3 is 0 Å². The molecule has 5 nitrogen and oxygen atoms in total. The molecule has 1 atom stereocenters. The van der Waals surface area contributed by atoms with Crippen molar-refractivity contribution in [3.63, 3.8) is 0 Å². The Labute approximate surface area is 170 Å². The summed E-state index contributed by atoms with van der Waals surface area (Å²) in [5, 5.41) is 3.75. The second-order valence-electron chi connectivity index (χ2n) is 7.22. The highest BCUT2D eigenvalue weighted by Crippen LogP contribution is 2.25. The van der Waals surface area contributed by atoms with Crippen molar-refractivity contribution in [2.45, 2.75) is 32.2 Å². The van der Waals surface area contributed by atoms with Crippen LogP contribution in [0.25, 0.3) is 5.65 Å². The summed E-state index contributed by atoms with van der Waals surface area (Å²) in [7, 11) is 0. The maximum absolute atomic E-state index is 13.1. The van der Waals surface area contributed by atoms with Gasteiger partial charge in [-0.15, -0.1) is 0 Å². The third-order valence-corrected chi connectivity index (χ3v) is 5.65. The van der Waals surface area contributed by atoms with Gasteiger partial charge in [-0.2, -0.15) is 0 Å². The fourth-order valence-electron chi connectivity index (χ4n) is 4.01. The number of fused-ring (bicyclic) bond motifs is 1. The van der Waals surface area contributed by atoms with Crippen LogP contribution in [0.15, 0.2) is 48.7 Å². The summed E-state index contributed by atoms with van der Waals surface area (Å²) in [6, 6.07) is 14.2. The molecule has 4 rings (SSSR count). The Kier molecular flexibility index (Phi) is 5.64. The highest BCUT2D eigenvalue weighted by atomic mass is 35.5. The van der Waals surface area contributed by atoms with E-state index in [2.05, 4.69) is 39.5 Å². The van der Waals surface area contributed by atoms with Gasteiger partial charge in [0, 0.05) is 12.7 Å². The summed E-state index contributed by atoms with van der Waals surface area (Å²) < 4.78 is 1.80. The Balaban J connectivity index is 1.59. The molecule has 1 unspecified atom stereocenters. The molecule has 1 aliphatic rings. The van der Waals surface area contributed by atoms with Crippen LogP contribution in [-0.2, 0) is 6.42 Å². The Bertz CT molecular complexity index is 963. The minimum absolute atomic E-state index is 0.105. The standard InChI is InChI=1S/C22H25ClN4O/c1-2-18-21(27-15-17(23)10-11-20(27)25-18)22(28)24-14-19(26-12-6-7-13-26)16-8-4-3-5-9-16/h3-5,8-11,15,19H,2,6-7,12-14H2,1H3,(H,24,28). The summed E-state index contributed by atoms with van der Waals surface area (Å²) in [5.41, 5.74) is 3.34. The molecule has 1 aliphatic heterocycles. The third kappa shape index (κ3) is 3.77. The molecule has 0 bridgehead atoms. The average Bonchev–Trinajstić information content (AvgIpc) is 3.36. The number of carbonyl (C=O) groups is 1. The lowest BCUT2D eigenvalue weighted by Gasteiger charge is -2.28. The minimum Gasteiger partial charge on any atom is -0.349 e. The van der Waals surface area contributed by atoms with E-state index in [1.54, 1.807) is 16.7 Å². The van der Waals surface area contributed by atoms with E-state index < -0.39 is 0 Å². The average molecular weight is 397 g/mol. The zero-order valence-electron chi connectivity index (χ0n) is 16.1. The second kappa shape index (κ2) is 8.33. The first-order valence-electron chi connectivity index (χ1n) is 9.91. The maximum atomic E-state index is 13.1. The third-order valence-electron chi connectivity index (χ3n) is 5.43. The number of carbonyl (C=O) groups excluding carboxylic acids is 1. The lowest BCUT2D eigenvalue weighted by Crippen LogP contribution is -2.37. The molecule has 3 aromatic rings. The number of nitrogens with zero attached hydrogens (tertiary/aromatic N) is 3. The van der Waals surface area contributed by atoms with Crippen LogP contribution in [0.5, 0.6) is 0 Å². The van der Waals surface area contributed by atoms with E-state index in [9.17, 15) is 4.79 Å². The zero-order valence-corrected chi connectivity index (χ0v) is 16.8. The zero-order chi connectivity index (χ0) is 19.5. The number of benzene rings is 1. The Morgan fingerprint density at radius 2 is 1.93 bits per heavy atom. The lowest BCUT2D eigenvalue weighted by atomic mass is 10.1. The van der Waals surface area contributed by atoms with Crippen molar-refractivity contribution in [2.75, 3.05) is 19.6 Å². The van der Waals surface area contributed by atoms with Gasteiger partial charge in [0.15, 0.2) is 0 Å². The van der Waals surface area contributed by atoms with Crippen LogP contribution in [0.2, 0.25) is 5.02 Å². The van der Waals surface area contributed by atoms with E-state index in [0.29, 0.717) is 23.7 Å². The number of aryl methyl sites for hydroxylation is 1. The minimum atomic E-state index is -0.105. The predicted molar refractivity (Wildman–Crippen MR) is 112 cm³/mol. The van der Waals surface area contributed by atoms with Crippen LogP contribution in [0, 0.1) is 0 Å². The lowest BCUT2D eigenvalue weighted by molar-refractivity contribution is 0.0931. The molecule has 1 N–H and O–H groups in total. The van der Waals surface area contributed by atoms with E-state index >= 15 is 0 Å². The summed E-state index contributed by atoms with van der Waals surface area (Å²) in [6.07, 6.45) is 4.87. The van der Waals surface area contributed by atoms with Crippen LogP contribution < -0.4 is 5.32 Å². The van der Waals surface area contributed by atoms with Gasteiger partial charge in [0.05, 0.1) is 16.8 Å². The number of aromatic nitrogens is 2. The van der Waals surface area contributed by atoms with Crippen LogP contribution in [0.3, 0.4) is 0 Å². The Morgan fingerprint density at radius 1 is 1.18 bits per heavy atom. The first-order chi connectivity index (χ1) is 13.7. The molecule has 1 amide bonds. The first kappa shape index (κ1) is 19.0. The van der Waals surface area contributed by atoms with Gasteiger partial charge in [0.2, 0.25) is 0 Å². The van der Waals surface area contributed by atoms with Crippen molar-refractivity contribution in [2.24, 2.45) is 0 Å². The number of halogens is 1. The maximum Gasteiger partial charge on any atom is 0.270 e. The molecule has 0 saturated carbocycles. The van der Waals surface area contributed by atoms with Gasteiger partial charge in [0.25, 0.3) is 5.91 Å².